The van der Waals surface area contributed by atoms with Crippen LogP contribution in [0.2, 0.25) is 0 Å². The zero-order chi connectivity index (χ0) is 52.9. The fourth-order valence-electron chi connectivity index (χ4n) is 10.1. The maximum atomic E-state index is 12.4. The molecule has 0 bridgehead atoms. The summed E-state index contributed by atoms with van der Waals surface area (Å²) in [6, 6.07) is -0.629. The topological polar surface area (TPSA) is 95.9 Å². The molecule has 6 heteroatoms. The smallest absolute Gasteiger partial charge is 0.305 e. The van der Waals surface area contributed by atoms with Gasteiger partial charge in [-0.15, -0.1) is 0 Å². The Balaban J connectivity index is 3.40. The van der Waals surface area contributed by atoms with Gasteiger partial charge < -0.3 is 20.3 Å². The lowest BCUT2D eigenvalue weighted by molar-refractivity contribution is -0.143. The fraction of sp³-hybridized carbons (Fsp3) is 0.881. The third-order valence-corrected chi connectivity index (χ3v) is 15.2. The van der Waals surface area contributed by atoms with E-state index >= 15 is 0 Å². The lowest BCUT2D eigenvalue weighted by Crippen LogP contribution is -2.45. The van der Waals surface area contributed by atoms with Gasteiger partial charge in [-0.2, -0.15) is 0 Å². The number of nitrogens with one attached hydrogen (secondary N) is 1. The predicted molar refractivity (Wildman–Crippen MR) is 319 cm³/mol. The van der Waals surface area contributed by atoms with Gasteiger partial charge >= 0.3 is 5.97 Å². The molecule has 1 amide bonds. The van der Waals surface area contributed by atoms with Gasteiger partial charge in [-0.05, 0) is 64.2 Å². The molecule has 6 nitrogen and oxygen atoms in total. The van der Waals surface area contributed by atoms with E-state index in [0.717, 1.165) is 44.9 Å². The maximum absolute atomic E-state index is 12.4. The average Bonchev–Trinajstić information content (AvgIpc) is 3.39. The Kier molecular flexibility index (Phi) is 61.0. The standard InChI is InChI=1S/C67H127NO5/c1-3-5-7-9-11-13-15-17-18-30-34-37-41-45-49-53-57-61-67(72)73-62-58-54-50-46-42-38-35-32-29-27-25-23-21-19-20-22-24-26-28-31-33-36-40-44-48-52-56-60-66(71)68-64(63-69)65(70)59-55-51-47-43-39-16-14-12-10-8-6-4-2/h19-20,23,25,55,59,64-65,69-70H,3-18,21-22,24,26-54,56-58,60-63H2,1-2H3,(H,68,71)/b20-19-,25-23-,59-55+. The molecular weight excluding hydrogens is 899 g/mol. The fourth-order valence-corrected chi connectivity index (χ4v) is 10.1. The zero-order valence-electron chi connectivity index (χ0n) is 49.1. The molecule has 2 unspecified atom stereocenters. The number of esters is 1. The van der Waals surface area contributed by atoms with Crippen LogP contribution in [0.25, 0.3) is 0 Å². The average molecular weight is 1030 g/mol. The summed E-state index contributed by atoms with van der Waals surface area (Å²) in [6.45, 7) is 4.91. The SMILES string of the molecule is CCCCCCCCCCCC/C=C/C(O)C(CO)NC(=O)CCCCCCCCCCCCC/C=C\C/C=C\CCCCCCCCCCCOC(=O)CCCCCCCCCCCCCCCCCCC. The van der Waals surface area contributed by atoms with Crippen molar-refractivity contribution < 1.29 is 24.5 Å². The van der Waals surface area contributed by atoms with E-state index in [1.165, 1.54) is 283 Å². The number of amides is 1. The van der Waals surface area contributed by atoms with Gasteiger partial charge in [0.05, 0.1) is 25.4 Å². The number of unbranched alkanes of at least 4 members (excludes halogenated alkanes) is 46. The van der Waals surface area contributed by atoms with E-state index in [4.69, 9.17) is 4.74 Å². The van der Waals surface area contributed by atoms with Crippen molar-refractivity contribution >= 4 is 11.9 Å². The number of carbonyl (C=O) groups is 2. The van der Waals surface area contributed by atoms with Crippen molar-refractivity contribution in [2.45, 2.75) is 366 Å². The van der Waals surface area contributed by atoms with Crippen LogP contribution >= 0.6 is 0 Å². The second kappa shape index (κ2) is 62.6. The Hall–Kier alpha value is -1.92. The number of carbonyl (C=O) groups excluding carboxylic acids is 2. The van der Waals surface area contributed by atoms with Crippen LogP contribution in [0.4, 0.5) is 0 Å². The largest absolute Gasteiger partial charge is 0.466 e. The van der Waals surface area contributed by atoms with Crippen LogP contribution < -0.4 is 5.32 Å². The van der Waals surface area contributed by atoms with Gasteiger partial charge in [-0.25, -0.2) is 0 Å². The molecule has 0 aliphatic heterocycles. The highest BCUT2D eigenvalue weighted by Crippen LogP contribution is 2.17. The molecule has 2 atom stereocenters. The predicted octanol–water partition coefficient (Wildman–Crippen LogP) is 20.8. The van der Waals surface area contributed by atoms with E-state index in [0.29, 0.717) is 19.4 Å². The first-order chi connectivity index (χ1) is 36.0. The molecule has 0 saturated carbocycles. The highest BCUT2D eigenvalue weighted by Gasteiger charge is 2.18. The van der Waals surface area contributed by atoms with Crippen LogP contribution in [0.1, 0.15) is 354 Å². The van der Waals surface area contributed by atoms with Crippen molar-refractivity contribution in [3.8, 4) is 0 Å². The quantitative estimate of drug-likeness (QED) is 0.0320. The van der Waals surface area contributed by atoms with Crippen molar-refractivity contribution in [1.29, 1.82) is 0 Å². The molecule has 3 N–H and O–H groups in total. The first kappa shape index (κ1) is 71.1. The Bertz CT molecular complexity index is 1180. The first-order valence-electron chi connectivity index (χ1n) is 32.8. The van der Waals surface area contributed by atoms with Crippen molar-refractivity contribution in [3.05, 3.63) is 36.5 Å². The Morgan fingerprint density at radius 2 is 0.685 bits per heavy atom. The minimum Gasteiger partial charge on any atom is -0.466 e. The van der Waals surface area contributed by atoms with E-state index < -0.39 is 12.1 Å². The van der Waals surface area contributed by atoms with Crippen LogP contribution in [0.15, 0.2) is 36.5 Å². The van der Waals surface area contributed by atoms with Gasteiger partial charge in [0.15, 0.2) is 0 Å². The van der Waals surface area contributed by atoms with Crippen LogP contribution in [-0.4, -0.2) is 47.4 Å². The summed E-state index contributed by atoms with van der Waals surface area (Å²) in [5.41, 5.74) is 0. The Morgan fingerprint density at radius 1 is 0.384 bits per heavy atom. The summed E-state index contributed by atoms with van der Waals surface area (Å²) in [6.07, 6.45) is 79.2. The van der Waals surface area contributed by atoms with E-state index in [1.807, 2.05) is 6.08 Å². The maximum Gasteiger partial charge on any atom is 0.305 e. The summed E-state index contributed by atoms with van der Waals surface area (Å²) in [5, 5.41) is 23.1. The van der Waals surface area contributed by atoms with Crippen LogP contribution in [0.5, 0.6) is 0 Å². The Labute approximate surface area is 455 Å². The molecule has 0 aromatic carbocycles. The van der Waals surface area contributed by atoms with E-state index in [-0.39, 0.29) is 18.5 Å². The van der Waals surface area contributed by atoms with Gasteiger partial charge in [0.25, 0.3) is 0 Å². The van der Waals surface area contributed by atoms with Crippen LogP contribution in [0.3, 0.4) is 0 Å². The number of aliphatic hydroxyl groups is 2. The number of rotatable bonds is 61. The molecule has 0 aliphatic carbocycles. The summed E-state index contributed by atoms with van der Waals surface area (Å²) in [5.74, 6) is -0.0568. The first-order valence-corrected chi connectivity index (χ1v) is 32.8. The number of allylic oxidation sites excluding steroid dienone is 5. The lowest BCUT2D eigenvalue weighted by atomic mass is 10.0. The Morgan fingerprint density at radius 3 is 1.04 bits per heavy atom. The van der Waals surface area contributed by atoms with E-state index in [1.54, 1.807) is 6.08 Å². The van der Waals surface area contributed by atoms with Crippen molar-refractivity contribution in [2.24, 2.45) is 0 Å². The van der Waals surface area contributed by atoms with Crippen LogP contribution in [0, 0.1) is 0 Å². The molecule has 73 heavy (non-hydrogen) atoms. The monoisotopic (exact) mass is 1030 g/mol. The normalized spacial score (nSPS) is 12.8. The van der Waals surface area contributed by atoms with Gasteiger partial charge in [0, 0.05) is 12.8 Å². The molecule has 0 heterocycles. The van der Waals surface area contributed by atoms with E-state index in [2.05, 4.69) is 43.5 Å². The molecule has 0 rings (SSSR count). The molecule has 0 radical (unpaired) electrons. The zero-order valence-corrected chi connectivity index (χ0v) is 49.1. The van der Waals surface area contributed by atoms with Crippen molar-refractivity contribution in [2.75, 3.05) is 13.2 Å². The minimum absolute atomic E-state index is 0.0143. The van der Waals surface area contributed by atoms with Crippen LogP contribution in [-0.2, 0) is 14.3 Å². The van der Waals surface area contributed by atoms with E-state index in [9.17, 15) is 19.8 Å². The molecular formula is C67H127NO5. The molecule has 0 aliphatic rings. The molecule has 0 aromatic heterocycles. The number of hydrogen-bond acceptors (Lipinski definition) is 5. The molecule has 430 valence electrons. The van der Waals surface area contributed by atoms with Gasteiger partial charge in [0.2, 0.25) is 5.91 Å². The molecule has 0 fully saturated rings. The summed E-state index contributed by atoms with van der Waals surface area (Å²) in [4.78, 5) is 24.5. The lowest BCUT2D eigenvalue weighted by Gasteiger charge is -2.20. The number of aliphatic hydroxyl groups excluding tert-OH is 2. The molecule has 0 spiro atoms. The second-order valence-electron chi connectivity index (χ2n) is 22.5. The second-order valence-corrected chi connectivity index (χ2v) is 22.5. The van der Waals surface area contributed by atoms with Crippen molar-refractivity contribution in [3.63, 3.8) is 0 Å². The third kappa shape index (κ3) is 59.2. The number of ether oxygens (including phenoxy) is 1. The van der Waals surface area contributed by atoms with Gasteiger partial charge in [0.1, 0.15) is 0 Å². The number of hydrogen-bond donors (Lipinski definition) is 3. The third-order valence-electron chi connectivity index (χ3n) is 15.2. The summed E-state index contributed by atoms with van der Waals surface area (Å²) in [7, 11) is 0. The highest BCUT2D eigenvalue weighted by molar-refractivity contribution is 5.76. The van der Waals surface area contributed by atoms with Gasteiger partial charge in [-0.3, -0.25) is 9.59 Å². The van der Waals surface area contributed by atoms with Gasteiger partial charge in [-0.1, -0.05) is 314 Å². The summed E-state index contributed by atoms with van der Waals surface area (Å²) >= 11 is 0. The molecule has 0 aromatic rings. The summed E-state index contributed by atoms with van der Waals surface area (Å²) < 4.78 is 5.50. The highest BCUT2D eigenvalue weighted by atomic mass is 16.5. The molecule has 0 saturated heterocycles. The van der Waals surface area contributed by atoms with Crippen molar-refractivity contribution in [1.82, 2.24) is 5.32 Å². The minimum atomic E-state index is -0.846.